The van der Waals surface area contributed by atoms with Crippen LogP contribution in [0.4, 0.5) is 11.4 Å². The molecule has 0 aliphatic heterocycles. The zero-order chi connectivity index (χ0) is 15.9. The molecule has 1 amide bonds. The molecule has 0 bridgehead atoms. The van der Waals surface area contributed by atoms with Gasteiger partial charge in [-0.3, -0.25) is 14.9 Å². The lowest BCUT2D eigenvalue weighted by Gasteiger charge is -2.08. The van der Waals surface area contributed by atoms with Gasteiger partial charge in [0.25, 0.3) is 11.6 Å². The van der Waals surface area contributed by atoms with E-state index in [1.54, 1.807) is 24.3 Å². The molecule has 0 saturated carbocycles. The molecule has 2 N–H and O–H groups in total. The van der Waals surface area contributed by atoms with E-state index in [1.165, 1.54) is 24.3 Å². The van der Waals surface area contributed by atoms with Crippen molar-refractivity contribution in [1.82, 2.24) is 0 Å². The fourth-order valence-corrected chi connectivity index (χ4v) is 1.76. The van der Waals surface area contributed by atoms with E-state index in [0.29, 0.717) is 17.0 Å². The number of anilines is 1. The van der Waals surface area contributed by atoms with Crippen LogP contribution < -0.4 is 10.1 Å². The summed E-state index contributed by atoms with van der Waals surface area (Å²) < 4.78 is 5.25. The fraction of sp³-hybridized carbons (Fsp3) is 0.133. The number of ether oxygens (including phenoxy) is 1. The number of nitrogens with one attached hydrogen (secondary N) is 1. The van der Waals surface area contributed by atoms with Gasteiger partial charge >= 0.3 is 0 Å². The maximum atomic E-state index is 11.8. The van der Waals surface area contributed by atoms with Gasteiger partial charge in [-0.2, -0.15) is 0 Å². The van der Waals surface area contributed by atoms with Gasteiger partial charge in [0.2, 0.25) is 0 Å². The Kier molecular flexibility index (Phi) is 5.05. The zero-order valence-corrected chi connectivity index (χ0v) is 11.6. The minimum atomic E-state index is -0.509. The molecule has 7 heteroatoms. The average Bonchev–Trinajstić information content (AvgIpc) is 2.53. The molecule has 0 saturated heterocycles. The van der Waals surface area contributed by atoms with Crippen LogP contribution in [0.15, 0.2) is 48.5 Å². The molecule has 2 aromatic rings. The van der Waals surface area contributed by atoms with Crippen LogP contribution in [0, 0.1) is 10.1 Å². The lowest BCUT2D eigenvalue weighted by molar-refractivity contribution is -0.384. The molecule has 2 aromatic carbocycles. The molecular weight excluding hydrogens is 288 g/mol. The highest BCUT2D eigenvalue weighted by Gasteiger charge is 2.07. The highest BCUT2D eigenvalue weighted by molar-refractivity contribution is 5.91. The van der Waals surface area contributed by atoms with E-state index in [2.05, 4.69) is 5.32 Å². The standard InChI is InChI=1S/C15H14N2O5/c18-9-11-2-1-3-12(8-11)16-15(19)10-22-14-6-4-13(5-7-14)17(20)21/h1-8,18H,9-10H2,(H,16,19). The lowest BCUT2D eigenvalue weighted by atomic mass is 10.2. The van der Waals surface area contributed by atoms with Crippen LogP contribution >= 0.6 is 0 Å². The average molecular weight is 302 g/mol. The SMILES string of the molecule is O=C(COc1ccc([N+](=O)[O-])cc1)Nc1cccc(CO)c1. The Balaban J connectivity index is 1.88. The van der Waals surface area contributed by atoms with Crippen LogP contribution in [-0.4, -0.2) is 22.5 Å². The number of aliphatic hydroxyl groups excluding tert-OH is 1. The van der Waals surface area contributed by atoms with E-state index in [9.17, 15) is 14.9 Å². The number of amides is 1. The Morgan fingerprint density at radius 3 is 2.59 bits per heavy atom. The van der Waals surface area contributed by atoms with E-state index in [0.717, 1.165) is 0 Å². The number of rotatable bonds is 6. The van der Waals surface area contributed by atoms with Gasteiger partial charge in [-0.25, -0.2) is 0 Å². The zero-order valence-electron chi connectivity index (χ0n) is 11.6. The molecule has 0 atom stereocenters. The second-order valence-corrected chi connectivity index (χ2v) is 4.45. The molecule has 0 aliphatic carbocycles. The summed E-state index contributed by atoms with van der Waals surface area (Å²) in [5.41, 5.74) is 1.20. The van der Waals surface area contributed by atoms with E-state index in [4.69, 9.17) is 9.84 Å². The smallest absolute Gasteiger partial charge is 0.269 e. The summed E-state index contributed by atoms with van der Waals surface area (Å²) in [6.07, 6.45) is 0. The molecular formula is C15H14N2O5. The molecule has 0 unspecified atom stereocenters. The highest BCUT2D eigenvalue weighted by atomic mass is 16.6. The summed E-state index contributed by atoms with van der Waals surface area (Å²) in [5.74, 6) is -0.00157. The van der Waals surface area contributed by atoms with Crippen molar-refractivity contribution in [3.63, 3.8) is 0 Å². The summed E-state index contributed by atoms with van der Waals surface area (Å²) in [4.78, 5) is 21.8. The predicted octanol–water partition coefficient (Wildman–Crippen LogP) is 2.10. The third-order valence-electron chi connectivity index (χ3n) is 2.81. The maximum Gasteiger partial charge on any atom is 0.269 e. The van der Waals surface area contributed by atoms with Crippen LogP contribution in [0.5, 0.6) is 5.75 Å². The number of non-ortho nitro benzene ring substituents is 1. The second-order valence-electron chi connectivity index (χ2n) is 4.45. The summed E-state index contributed by atoms with van der Waals surface area (Å²) in [5, 5.41) is 22.2. The number of hydrogen-bond acceptors (Lipinski definition) is 5. The number of carbonyl (C=O) groups is 1. The van der Waals surface area contributed by atoms with Gasteiger partial charge in [-0.05, 0) is 29.8 Å². The Morgan fingerprint density at radius 2 is 1.95 bits per heavy atom. The highest BCUT2D eigenvalue weighted by Crippen LogP contribution is 2.17. The van der Waals surface area contributed by atoms with Crippen LogP contribution in [0.2, 0.25) is 0 Å². The van der Waals surface area contributed by atoms with Crippen molar-refractivity contribution in [2.45, 2.75) is 6.61 Å². The van der Waals surface area contributed by atoms with Crippen LogP contribution in [-0.2, 0) is 11.4 Å². The number of aliphatic hydroxyl groups is 1. The molecule has 0 radical (unpaired) electrons. The summed E-state index contributed by atoms with van der Waals surface area (Å²) in [7, 11) is 0. The van der Waals surface area contributed by atoms with E-state index < -0.39 is 4.92 Å². The summed E-state index contributed by atoms with van der Waals surface area (Å²) >= 11 is 0. The number of carbonyl (C=O) groups excluding carboxylic acids is 1. The Morgan fingerprint density at radius 1 is 1.23 bits per heavy atom. The first kappa shape index (κ1) is 15.5. The van der Waals surface area contributed by atoms with Gasteiger partial charge < -0.3 is 15.2 Å². The Labute approximate surface area is 126 Å². The third-order valence-corrected chi connectivity index (χ3v) is 2.81. The van der Waals surface area contributed by atoms with Crippen molar-refractivity contribution in [2.75, 3.05) is 11.9 Å². The number of nitrogens with zero attached hydrogens (tertiary/aromatic N) is 1. The predicted molar refractivity (Wildman–Crippen MR) is 79.6 cm³/mol. The topological polar surface area (TPSA) is 102 Å². The monoisotopic (exact) mass is 302 g/mol. The molecule has 7 nitrogen and oxygen atoms in total. The molecule has 114 valence electrons. The van der Waals surface area contributed by atoms with Crippen LogP contribution in [0.1, 0.15) is 5.56 Å². The minimum absolute atomic E-state index is 0.0439. The van der Waals surface area contributed by atoms with Crippen molar-refractivity contribution < 1.29 is 19.6 Å². The first-order valence-corrected chi connectivity index (χ1v) is 6.45. The maximum absolute atomic E-state index is 11.8. The van der Waals surface area contributed by atoms with E-state index >= 15 is 0 Å². The number of hydrogen-bond donors (Lipinski definition) is 2. The number of nitro benzene ring substituents is 1. The van der Waals surface area contributed by atoms with Gasteiger partial charge in [0.05, 0.1) is 11.5 Å². The number of benzene rings is 2. The molecule has 0 aromatic heterocycles. The minimum Gasteiger partial charge on any atom is -0.484 e. The van der Waals surface area contributed by atoms with Crippen molar-refractivity contribution in [3.05, 3.63) is 64.2 Å². The third kappa shape index (κ3) is 4.29. The van der Waals surface area contributed by atoms with E-state index in [1.807, 2.05) is 0 Å². The van der Waals surface area contributed by atoms with Gasteiger partial charge in [-0.15, -0.1) is 0 Å². The van der Waals surface area contributed by atoms with Crippen molar-refractivity contribution in [2.24, 2.45) is 0 Å². The number of nitro groups is 1. The molecule has 0 spiro atoms. The normalized spacial score (nSPS) is 10.0. The fourth-order valence-electron chi connectivity index (χ4n) is 1.76. The molecule has 0 fully saturated rings. The molecule has 22 heavy (non-hydrogen) atoms. The first-order valence-electron chi connectivity index (χ1n) is 6.45. The van der Waals surface area contributed by atoms with Crippen molar-refractivity contribution in [3.8, 4) is 5.75 Å². The molecule has 0 aliphatic rings. The van der Waals surface area contributed by atoms with Gasteiger partial charge in [0.1, 0.15) is 5.75 Å². The Hall–Kier alpha value is -2.93. The van der Waals surface area contributed by atoms with Gasteiger partial charge in [-0.1, -0.05) is 12.1 Å². The summed E-state index contributed by atoms with van der Waals surface area (Å²) in [6, 6.07) is 12.3. The first-order chi connectivity index (χ1) is 10.6. The van der Waals surface area contributed by atoms with Crippen molar-refractivity contribution >= 4 is 17.3 Å². The second kappa shape index (κ2) is 7.19. The molecule has 0 heterocycles. The van der Waals surface area contributed by atoms with Gasteiger partial charge in [0.15, 0.2) is 6.61 Å². The van der Waals surface area contributed by atoms with Crippen LogP contribution in [0.25, 0.3) is 0 Å². The summed E-state index contributed by atoms with van der Waals surface area (Å²) in [6.45, 7) is -0.329. The molecule has 2 rings (SSSR count). The van der Waals surface area contributed by atoms with E-state index in [-0.39, 0.29) is 24.8 Å². The Bertz CT molecular complexity index is 670. The van der Waals surface area contributed by atoms with Crippen LogP contribution in [0.3, 0.4) is 0 Å². The van der Waals surface area contributed by atoms with Gasteiger partial charge in [0, 0.05) is 17.8 Å². The van der Waals surface area contributed by atoms with Crippen molar-refractivity contribution in [1.29, 1.82) is 0 Å². The largest absolute Gasteiger partial charge is 0.484 e. The quantitative estimate of drug-likeness (QED) is 0.628. The lowest BCUT2D eigenvalue weighted by Crippen LogP contribution is -2.20.